The van der Waals surface area contributed by atoms with Gasteiger partial charge in [0.25, 0.3) is 0 Å². The zero-order valence-corrected chi connectivity index (χ0v) is 12.1. The van der Waals surface area contributed by atoms with Crippen LogP contribution in [-0.4, -0.2) is 37.6 Å². The lowest BCUT2D eigenvalue weighted by Crippen LogP contribution is -2.48. The van der Waals surface area contributed by atoms with Gasteiger partial charge in [0.2, 0.25) is 5.91 Å². The normalized spacial score (nSPS) is 23.9. The average molecular weight is 273 g/mol. The fraction of sp³-hybridized carbons (Fsp3) is 0.562. The maximum absolute atomic E-state index is 11.6. The molecule has 108 valence electrons. The second-order valence-electron chi connectivity index (χ2n) is 5.85. The van der Waals surface area contributed by atoms with E-state index in [0.29, 0.717) is 6.04 Å². The van der Waals surface area contributed by atoms with Crippen LogP contribution < -0.4 is 15.5 Å². The third kappa shape index (κ3) is 2.80. The van der Waals surface area contributed by atoms with Gasteiger partial charge in [-0.05, 0) is 37.8 Å². The van der Waals surface area contributed by atoms with Crippen LogP contribution in [0.2, 0.25) is 0 Å². The fourth-order valence-corrected chi connectivity index (χ4v) is 3.24. The van der Waals surface area contributed by atoms with E-state index in [4.69, 9.17) is 0 Å². The number of hydrogen-bond donors (Lipinski definition) is 2. The maximum Gasteiger partial charge on any atom is 0.237 e. The first-order valence-electron chi connectivity index (χ1n) is 7.58. The molecule has 1 atom stereocenters. The molecule has 1 aromatic rings. The van der Waals surface area contributed by atoms with Crippen LogP contribution in [0.3, 0.4) is 0 Å². The van der Waals surface area contributed by atoms with Gasteiger partial charge >= 0.3 is 0 Å². The Morgan fingerprint density at radius 1 is 1.20 bits per heavy atom. The lowest BCUT2D eigenvalue weighted by Gasteiger charge is -2.35. The Bertz CT molecular complexity index is 480. The van der Waals surface area contributed by atoms with Crippen LogP contribution in [0.15, 0.2) is 24.3 Å². The zero-order chi connectivity index (χ0) is 13.9. The van der Waals surface area contributed by atoms with Crippen LogP contribution in [0.25, 0.3) is 0 Å². The molecule has 2 N–H and O–H groups in total. The van der Waals surface area contributed by atoms with Crippen molar-refractivity contribution in [3.8, 4) is 0 Å². The molecule has 2 aliphatic rings. The molecule has 0 spiro atoms. The van der Waals surface area contributed by atoms with E-state index in [9.17, 15) is 4.79 Å². The van der Waals surface area contributed by atoms with Gasteiger partial charge in [-0.3, -0.25) is 4.79 Å². The third-order valence-corrected chi connectivity index (χ3v) is 4.44. The van der Waals surface area contributed by atoms with E-state index in [1.807, 2.05) is 0 Å². The summed E-state index contributed by atoms with van der Waals surface area (Å²) < 4.78 is 0. The fourth-order valence-electron chi connectivity index (χ4n) is 3.24. The molecular formula is C16H23N3O. The Balaban J connectivity index is 1.54. The van der Waals surface area contributed by atoms with Crippen LogP contribution >= 0.6 is 0 Å². The molecular weight excluding hydrogens is 250 g/mol. The van der Waals surface area contributed by atoms with Crippen LogP contribution in [0.1, 0.15) is 24.8 Å². The maximum atomic E-state index is 11.6. The zero-order valence-electron chi connectivity index (χ0n) is 12.1. The van der Waals surface area contributed by atoms with Crippen molar-refractivity contribution >= 4 is 11.6 Å². The summed E-state index contributed by atoms with van der Waals surface area (Å²) in [6, 6.07) is 9.08. The van der Waals surface area contributed by atoms with Crippen molar-refractivity contribution < 1.29 is 4.79 Å². The molecule has 0 bridgehead atoms. The van der Waals surface area contributed by atoms with E-state index in [1.165, 1.54) is 11.3 Å². The van der Waals surface area contributed by atoms with Gasteiger partial charge in [-0.15, -0.1) is 0 Å². The SMILES string of the molecule is Cc1ccccc1N1CCC(N[C@@H]2CCNC2=O)CC1. The molecule has 1 amide bonds. The molecule has 0 saturated carbocycles. The first kappa shape index (κ1) is 13.4. The summed E-state index contributed by atoms with van der Waals surface area (Å²) in [6.07, 6.45) is 3.15. The number of nitrogens with one attached hydrogen (secondary N) is 2. The summed E-state index contributed by atoms with van der Waals surface area (Å²) in [5.74, 6) is 0.173. The van der Waals surface area contributed by atoms with Gasteiger partial charge in [0.1, 0.15) is 0 Å². The van der Waals surface area contributed by atoms with Crippen molar-refractivity contribution in [3.05, 3.63) is 29.8 Å². The first-order chi connectivity index (χ1) is 9.74. The highest BCUT2D eigenvalue weighted by atomic mass is 16.2. The molecule has 0 aliphatic carbocycles. The molecule has 1 aromatic carbocycles. The van der Waals surface area contributed by atoms with E-state index in [1.54, 1.807) is 0 Å². The minimum atomic E-state index is 0.0324. The topological polar surface area (TPSA) is 44.4 Å². The van der Waals surface area contributed by atoms with Crippen molar-refractivity contribution in [1.29, 1.82) is 0 Å². The molecule has 2 heterocycles. The quantitative estimate of drug-likeness (QED) is 0.876. The summed E-state index contributed by atoms with van der Waals surface area (Å²) in [4.78, 5) is 14.1. The number of carbonyl (C=O) groups is 1. The average Bonchev–Trinajstić information content (AvgIpc) is 2.86. The highest BCUT2D eigenvalue weighted by Gasteiger charge is 2.28. The molecule has 4 heteroatoms. The predicted molar refractivity (Wildman–Crippen MR) is 81.0 cm³/mol. The van der Waals surface area contributed by atoms with Crippen LogP contribution in [0, 0.1) is 6.92 Å². The molecule has 0 unspecified atom stereocenters. The number of anilines is 1. The molecule has 20 heavy (non-hydrogen) atoms. The second kappa shape index (κ2) is 5.83. The van der Waals surface area contributed by atoms with E-state index in [2.05, 4.69) is 46.7 Å². The molecule has 2 aliphatic heterocycles. The number of amides is 1. The van der Waals surface area contributed by atoms with E-state index in [0.717, 1.165) is 38.9 Å². The van der Waals surface area contributed by atoms with Crippen LogP contribution in [0.4, 0.5) is 5.69 Å². The van der Waals surface area contributed by atoms with E-state index in [-0.39, 0.29) is 11.9 Å². The molecule has 2 saturated heterocycles. The standard InChI is InChI=1S/C16H23N3O/c1-12-4-2-3-5-15(12)19-10-7-13(8-11-19)18-14-6-9-17-16(14)20/h2-5,13-14,18H,6-11H2,1H3,(H,17,20)/t14-/m1/s1. The van der Waals surface area contributed by atoms with Crippen molar-refractivity contribution in [1.82, 2.24) is 10.6 Å². The van der Waals surface area contributed by atoms with E-state index >= 15 is 0 Å². The van der Waals surface area contributed by atoms with Gasteiger partial charge in [0, 0.05) is 31.4 Å². The summed E-state index contributed by atoms with van der Waals surface area (Å²) >= 11 is 0. The van der Waals surface area contributed by atoms with E-state index < -0.39 is 0 Å². The summed E-state index contributed by atoms with van der Waals surface area (Å²) in [5.41, 5.74) is 2.69. The Kier molecular flexibility index (Phi) is 3.92. The predicted octanol–water partition coefficient (Wildman–Crippen LogP) is 1.44. The summed E-state index contributed by atoms with van der Waals surface area (Å²) in [7, 11) is 0. The number of hydrogen-bond acceptors (Lipinski definition) is 3. The minimum absolute atomic E-state index is 0.0324. The molecule has 3 rings (SSSR count). The number of benzene rings is 1. The largest absolute Gasteiger partial charge is 0.371 e. The van der Waals surface area contributed by atoms with Crippen molar-refractivity contribution in [2.45, 2.75) is 38.3 Å². The van der Waals surface area contributed by atoms with Gasteiger partial charge in [-0.25, -0.2) is 0 Å². The lowest BCUT2D eigenvalue weighted by molar-refractivity contribution is -0.121. The monoisotopic (exact) mass is 273 g/mol. The summed E-state index contributed by atoms with van der Waals surface area (Å²) in [5, 5.41) is 6.40. The molecule has 0 radical (unpaired) electrons. The lowest BCUT2D eigenvalue weighted by atomic mass is 10.0. The van der Waals surface area contributed by atoms with Gasteiger partial charge in [0.05, 0.1) is 6.04 Å². The Morgan fingerprint density at radius 3 is 2.60 bits per heavy atom. The molecule has 2 fully saturated rings. The number of piperidine rings is 1. The van der Waals surface area contributed by atoms with Crippen molar-refractivity contribution in [2.75, 3.05) is 24.5 Å². The number of aryl methyl sites for hydroxylation is 1. The van der Waals surface area contributed by atoms with Gasteiger partial charge in [-0.2, -0.15) is 0 Å². The minimum Gasteiger partial charge on any atom is -0.371 e. The highest BCUT2D eigenvalue weighted by Crippen LogP contribution is 2.23. The van der Waals surface area contributed by atoms with Gasteiger partial charge in [0.15, 0.2) is 0 Å². The third-order valence-electron chi connectivity index (χ3n) is 4.44. The van der Waals surface area contributed by atoms with Crippen molar-refractivity contribution in [3.63, 3.8) is 0 Å². The number of nitrogens with zero attached hydrogens (tertiary/aromatic N) is 1. The number of para-hydroxylation sites is 1. The molecule has 4 nitrogen and oxygen atoms in total. The van der Waals surface area contributed by atoms with Crippen LogP contribution in [0.5, 0.6) is 0 Å². The Morgan fingerprint density at radius 2 is 1.95 bits per heavy atom. The molecule has 0 aromatic heterocycles. The first-order valence-corrected chi connectivity index (χ1v) is 7.58. The van der Waals surface area contributed by atoms with Gasteiger partial charge < -0.3 is 15.5 Å². The Labute approximate surface area is 120 Å². The van der Waals surface area contributed by atoms with Crippen molar-refractivity contribution in [2.24, 2.45) is 0 Å². The second-order valence-corrected chi connectivity index (χ2v) is 5.85. The highest BCUT2D eigenvalue weighted by molar-refractivity contribution is 5.83. The Hall–Kier alpha value is -1.55. The summed E-state index contributed by atoms with van der Waals surface area (Å²) in [6.45, 7) is 5.12. The smallest absolute Gasteiger partial charge is 0.237 e. The number of rotatable bonds is 3. The number of carbonyl (C=O) groups excluding carboxylic acids is 1. The van der Waals surface area contributed by atoms with Crippen LogP contribution in [-0.2, 0) is 4.79 Å². The van der Waals surface area contributed by atoms with Gasteiger partial charge in [-0.1, -0.05) is 18.2 Å².